The van der Waals surface area contributed by atoms with Crippen molar-refractivity contribution in [3.63, 3.8) is 0 Å². The monoisotopic (exact) mass is 250 g/mol. The summed E-state index contributed by atoms with van der Waals surface area (Å²) >= 11 is 0. The number of aromatic amines is 1. The van der Waals surface area contributed by atoms with Gasteiger partial charge in [0.15, 0.2) is 5.82 Å². The van der Waals surface area contributed by atoms with Crippen LogP contribution in [0.25, 0.3) is 11.1 Å². The molecular formula is C15H14N4. The van der Waals surface area contributed by atoms with E-state index in [0.717, 1.165) is 16.8 Å². The van der Waals surface area contributed by atoms with Gasteiger partial charge in [-0.1, -0.05) is 48.5 Å². The van der Waals surface area contributed by atoms with Gasteiger partial charge in [-0.05, 0) is 11.6 Å². The molecule has 4 nitrogen and oxygen atoms in total. The zero-order chi connectivity index (χ0) is 13.1. The van der Waals surface area contributed by atoms with Gasteiger partial charge in [0.05, 0.1) is 5.69 Å². The Hall–Kier alpha value is -2.75. The zero-order valence-corrected chi connectivity index (χ0v) is 10.3. The average Bonchev–Trinajstić information content (AvgIpc) is 2.86. The minimum Gasteiger partial charge on any atom is -0.394 e. The highest BCUT2D eigenvalue weighted by atomic mass is 15.2. The van der Waals surface area contributed by atoms with Crippen molar-refractivity contribution in [1.82, 2.24) is 10.2 Å². The van der Waals surface area contributed by atoms with Crippen LogP contribution >= 0.6 is 0 Å². The molecule has 0 radical (unpaired) electrons. The lowest BCUT2D eigenvalue weighted by Crippen LogP contribution is -1.96. The van der Waals surface area contributed by atoms with E-state index >= 15 is 0 Å². The van der Waals surface area contributed by atoms with Crippen molar-refractivity contribution in [3.05, 3.63) is 60.8 Å². The van der Waals surface area contributed by atoms with Crippen molar-refractivity contribution < 1.29 is 0 Å². The van der Waals surface area contributed by atoms with Crippen LogP contribution in [0.3, 0.4) is 0 Å². The molecule has 1 heterocycles. The fourth-order valence-electron chi connectivity index (χ4n) is 1.99. The Morgan fingerprint density at radius 3 is 2.42 bits per heavy atom. The van der Waals surface area contributed by atoms with Gasteiger partial charge in [0.2, 0.25) is 0 Å². The predicted octanol–water partition coefficient (Wildman–Crippen LogP) is 3.40. The Balaban J connectivity index is 2.01. The first-order valence-electron chi connectivity index (χ1n) is 6.05. The molecule has 19 heavy (non-hydrogen) atoms. The zero-order valence-electron chi connectivity index (χ0n) is 10.3. The van der Waals surface area contributed by atoms with Crippen LogP contribution in [-0.2, 0) is 0 Å². The van der Waals surface area contributed by atoms with E-state index in [1.807, 2.05) is 36.4 Å². The van der Waals surface area contributed by atoms with Crippen LogP contribution in [0, 0.1) is 0 Å². The lowest BCUT2D eigenvalue weighted by Gasteiger charge is -2.10. The molecule has 0 amide bonds. The molecule has 0 saturated heterocycles. The third-order valence-electron chi connectivity index (χ3n) is 2.93. The van der Waals surface area contributed by atoms with Crippen LogP contribution in [0.4, 0.5) is 17.2 Å². The first-order chi connectivity index (χ1) is 9.34. The fraction of sp³-hybridized carbons (Fsp3) is 0. The average molecular weight is 250 g/mol. The van der Waals surface area contributed by atoms with Gasteiger partial charge in [-0.25, -0.2) is 0 Å². The largest absolute Gasteiger partial charge is 0.394 e. The van der Waals surface area contributed by atoms with Crippen molar-refractivity contribution in [1.29, 1.82) is 0 Å². The molecular weight excluding hydrogens is 236 g/mol. The van der Waals surface area contributed by atoms with Gasteiger partial charge in [-0.15, -0.1) is 0 Å². The quantitative estimate of drug-likeness (QED) is 0.667. The van der Waals surface area contributed by atoms with Crippen LogP contribution in [0.2, 0.25) is 0 Å². The highest BCUT2D eigenvalue weighted by molar-refractivity contribution is 5.82. The van der Waals surface area contributed by atoms with Gasteiger partial charge in [0.25, 0.3) is 0 Å². The molecule has 0 aliphatic rings. The summed E-state index contributed by atoms with van der Waals surface area (Å²) < 4.78 is 0. The second-order valence-electron chi connectivity index (χ2n) is 4.23. The van der Waals surface area contributed by atoms with E-state index in [4.69, 9.17) is 5.73 Å². The van der Waals surface area contributed by atoms with Gasteiger partial charge < -0.3 is 11.1 Å². The maximum atomic E-state index is 5.82. The van der Waals surface area contributed by atoms with Crippen LogP contribution in [-0.4, -0.2) is 10.2 Å². The van der Waals surface area contributed by atoms with E-state index in [1.165, 1.54) is 0 Å². The Bertz CT molecular complexity index is 673. The van der Waals surface area contributed by atoms with E-state index in [0.29, 0.717) is 11.5 Å². The highest BCUT2D eigenvalue weighted by Crippen LogP contribution is 2.30. The Morgan fingerprint density at radius 1 is 0.947 bits per heavy atom. The summed E-state index contributed by atoms with van der Waals surface area (Å²) in [4.78, 5) is 0. The molecule has 0 atom stereocenters. The molecule has 0 aliphatic carbocycles. The molecule has 0 bridgehead atoms. The van der Waals surface area contributed by atoms with Crippen molar-refractivity contribution in [3.8, 4) is 11.1 Å². The molecule has 0 aliphatic heterocycles. The van der Waals surface area contributed by atoms with Crippen LogP contribution in [0.5, 0.6) is 0 Å². The van der Waals surface area contributed by atoms with E-state index in [-0.39, 0.29) is 0 Å². The maximum Gasteiger partial charge on any atom is 0.175 e. The number of aromatic nitrogens is 2. The number of benzene rings is 2. The molecule has 3 aromatic rings. The Kier molecular flexibility index (Phi) is 2.90. The highest BCUT2D eigenvalue weighted by Gasteiger charge is 2.07. The summed E-state index contributed by atoms with van der Waals surface area (Å²) in [7, 11) is 0. The lowest BCUT2D eigenvalue weighted by molar-refractivity contribution is 1.09. The van der Waals surface area contributed by atoms with E-state index in [1.54, 1.807) is 6.20 Å². The third-order valence-corrected chi connectivity index (χ3v) is 2.93. The summed E-state index contributed by atoms with van der Waals surface area (Å²) in [5.41, 5.74) is 9.67. The Labute approximate surface area is 111 Å². The number of nitrogens with one attached hydrogen (secondary N) is 2. The molecule has 2 aromatic carbocycles. The topological polar surface area (TPSA) is 66.7 Å². The summed E-state index contributed by atoms with van der Waals surface area (Å²) in [6.07, 6.45) is 1.66. The van der Waals surface area contributed by atoms with Crippen LogP contribution < -0.4 is 11.1 Å². The standard InChI is InChI=1S/C15H14N4/c16-13-10-17-19-15(13)18-14-9-5-4-8-12(14)11-6-2-1-3-7-11/h1-10H,16H2,(H2,17,18,19). The second-order valence-corrected chi connectivity index (χ2v) is 4.23. The molecule has 0 unspecified atom stereocenters. The van der Waals surface area contributed by atoms with Crippen molar-refractivity contribution in [2.75, 3.05) is 11.1 Å². The molecule has 94 valence electrons. The van der Waals surface area contributed by atoms with Crippen molar-refractivity contribution >= 4 is 17.2 Å². The first kappa shape index (κ1) is 11.3. The number of para-hydroxylation sites is 1. The fourth-order valence-corrected chi connectivity index (χ4v) is 1.99. The third kappa shape index (κ3) is 2.28. The number of rotatable bonds is 3. The molecule has 1 aromatic heterocycles. The van der Waals surface area contributed by atoms with Gasteiger partial charge in [0.1, 0.15) is 0 Å². The Morgan fingerprint density at radius 2 is 1.68 bits per heavy atom. The van der Waals surface area contributed by atoms with Gasteiger partial charge in [0, 0.05) is 17.4 Å². The van der Waals surface area contributed by atoms with E-state index in [2.05, 4.69) is 33.7 Å². The summed E-state index contributed by atoms with van der Waals surface area (Å²) in [5.74, 6) is 0.642. The van der Waals surface area contributed by atoms with Gasteiger partial charge >= 0.3 is 0 Å². The van der Waals surface area contributed by atoms with Crippen LogP contribution in [0.1, 0.15) is 0 Å². The minimum absolute atomic E-state index is 0.600. The van der Waals surface area contributed by atoms with Gasteiger partial charge in [-0.3, -0.25) is 5.10 Å². The molecule has 4 heteroatoms. The number of nitrogens with zero attached hydrogens (tertiary/aromatic N) is 1. The predicted molar refractivity (Wildman–Crippen MR) is 78.2 cm³/mol. The molecule has 3 rings (SSSR count). The lowest BCUT2D eigenvalue weighted by atomic mass is 10.0. The number of nitrogen functional groups attached to an aromatic ring is 1. The summed E-state index contributed by atoms with van der Waals surface area (Å²) in [5, 5.41) is 10.1. The molecule has 0 spiro atoms. The number of anilines is 3. The van der Waals surface area contributed by atoms with Crippen molar-refractivity contribution in [2.45, 2.75) is 0 Å². The van der Waals surface area contributed by atoms with E-state index < -0.39 is 0 Å². The SMILES string of the molecule is Nc1c[nH]nc1Nc1ccccc1-c1ccccc1. The number of hydrogen-bond acceptors (Lipinski definition) is 3. The van der Waals surface area contributed by atoms with Crippen molar-refractivity contribution in [2.24, 2.45) is 0 Å². The molecule has 4 N–H and O–H groups in total. The normalized spacial score (nSPS) is 10.3. The first-order valence-corrected chi connectivity index (χ1v) is 6.05. The number of hydrogen-bond donors (Lipinski definition) is 3. The smallest absolute Gasteiger partial charge is 0.175 e. The summed E-state index contributed by atoms with van der Waals surface area (Å²) in [6, 6.07) is 18.3. The van der Waals surface area contributed by atoms with E-state index in [9.17, 15) is 0 Å². The minimum atomic E-state index is 0.600. The summed E-state index contributed by atoms with van der Waals surface area (Å²) in [6.45, 7) is 0. The van der Waals surface area contributed by atoms with Crippen LogP contribution in [0.15, 0.2) is 60.8 Å². The molecule has 0 fully saturated rings. The number of nitrogens with two attached hydrogens (primary N) is 1. The number of H-pyrrole nitrogens is 1. The van der Waals surface area contributed by atoms with Gasteiger partial charge in [-0.2, -0.15) is 5.10 Å². The molecule has 0 saturated carbocycles. The maximum absolute atomic E-state index is 5.82. The second kappa shape index (κ2) is 4.86.